The second-order valence-corrected chi connectivity index (χ2v) is 6.33. The van der Waals surface area contributed by atoms with Gasteiger partial charge in [0.15, 0.2) is 5.58 Å². The van der Waals surface area contributed by atoms with E-state index < -0.39 is 5.76 Å². The first-order valence-corrected chi connectivity index (χ1v) is 8.32. The molecule has 8 nitrogen and oxygen atoms in total. The lowest BCUT2D eigenvalue weighted by Crippen LogP contribution is -2.32. The van der Waals surface area contributed by atoms with E-state index in [9.17, 15) is 19.2 Å². The number of carbonyl (C=O) groups is 3. The summed E-state index contributed by atoms with van der Waals surface area (Å²) < 4.78 is 4.90. The van der Waals surface area contributed by atoms with Gasteiger partial charge in [0, 0.05) is 18.7 Å². The number of aryl methyl sites for hydroxylation is 1. The fraction of sp³-hybridized carbons (Fsp3) is 0.158. The van der Waals surface area contributed by atoms with Gasteiger partial charge in [0.1, 0.15) is 0 Å². The van der Waals surface area contributed by atoms with E-state index in [1.54, 1.807) is 36.4 Å². The molecule has 0 saturated heterocycles. The summed E-state index contributed by atoms with van der Waals surface area (Å²) in [6.07, 6.45) is -0.0373. The zero-order valence-electron chi connectivity index (χ0n) is 14.4. The molecule has 3 aromatic rings. The Bertz CT molecular complexity index is 1160. The largest absolute Gasteiger partial charge is 0.417 e. The van der Waals surface area contributed by atoms with Gasteiger partial charge in [-0.25, -0.2) is 4.79 Å². The van der Waals surface area contributed by atoms with Gasteiger partial charge in [-0.3, -0.25) is 24.3 Å². The monoisotopic (exact) mass is 365 g/mol. The summed E-state index contributed by atoms with van der Waals surface area (Å²) in [5.41, 5.74) is 2.95. The molecule has 2 aromatic carbocycles. The van der Waals surface area contributed by atoms with Gasteiger partial charge in [0.2, 0.25) is 5.91 Å². The number of oxazole rings is 1. The number of nitrogens with one attached hydrogen (secondary N) is 2. The molecule has 2 N–H and O–H groups in total. The van der Waals surface area contributed by atoms with Gasteiger partial charge in [-0.1, -0.05) is 11.6 Å². The van der Waals surface area contributed by atoms with Crippen molar-refractivity contribution in [2.24, 2.45) is 0 Å². The minimum absolute atomic E-state index is 0.0119. The molecule has 3 amide bonds. The second-order valence-electron chi connectivity index (χ2n) is 6.33. The average molecular weight is 365 g/mol. The number of carbonyl (C=O) groups excluding carboxylic acids is 3. The molecular weight excluding hydrogens is 350 g/mol. The molecule has 0 radical (unpaired) electrons. The number of rotatable bonds is 4. The molecule has 0 spiro atoms. The zero-order chi connectivity index (χ0) is 19.1. The van der Waals surface area contributed by atoms with Crippen LogP contribution in [0.1, 0.15) is 32.7 Å². The Hall–Kier alpha value is -3.68. The maximum atomic E-state index is 12.4. The normalized spacial score (nSPS) is 13.3. The number of hydrogen-bond donors (Lipinski definition) is 2. The molecule has 1 aliphatic heterocycles. The van der Waals surface area contributed by atoms with Crippen LogP contribution in [0.5, 0.6) is 0 Å². The van der Waals surface area contributed by atoms with Gasteiger partial charge in [-0.05, 0) is 37.3 Å². The summed E-state index contributed by atoms with van der Waals surface area (Å²) in [4.78, 5) is 51.7. The molecule has 1 aliphatic rings. The highest BCUT2D eigenvalue weighted by Gasteiger charge is 2.35. The molecule has 1 aromatic heterocycles. The number of imide groups is 1. The van der Waals surface area contributed by atoms with Crippen LogP contribution in [0, 0.1) is 6.92 Å². The maximum absolute atomic E-state index is 12.4. The lowest BCUT2D eigenvalue weighted by molar-refractivity contribution is -0.116. The Morgan fingerprint density at radius 3 is 2.67 bits per heavy atom. The first-order chi connectivity index (χ1) is 12.9. The van der Waals surface area contributed by atoms with Crippen molar-refractivity contribution in [2.75, 3.05) is 11.9 Å². The summed E-state index contributed by atoms with van der Waals surface area (Å²) >= 11 is 0. The first-order valence-electron chi connectivity index (χ1n) is 8.32. The van der Waals surface area contributed by atoms with Crippen LogP contribution in [0.15, 0.2) is 45.6 Å². The molecule has 0 atom stereocenters. The van der Waals surface area contributed by atoms with Crippen molar-refractivity contribution >= 4 is 34.5 Å². The van der Waals surface area contributed by atoms with E-state index in [1.807, 2.05) is 6.92 Å². The van der Waals surface area contributed by atoms with E-state index in [4.69, 9.17) is 4.42 Å². The molecular formula is C19H15N3O5. The second kappa shape index (κ2) is 6.24. The Morgan fingerprint density at radius 1 is 1.07 bits per heavy atom. The maximum Gasteiger partial charge on any atom is 0.417 e. The van der Waals surface area contributed by atoms with E-state index in [-0.39, 0.29) is 30.7 Å². The van der Waals surface area contributed by atoms with Crippen molar-refractivity contribution in [3.63, 3.8) is 0 Å². The predicted molar refractivity (Wildman–Crippen MR) is 96.6 cm³/mol. The van der Waals surface area contributed by atoms with Crippen molar-refractivity contribution in [1.82, 2.24) is 9.88 Å². The number of nitrogens with zero attached hydrogens (tertiary/aromatic N) is 1. The molecule has 2 heterocycles. The van der Waals surface area contributed by atoms with Crippen LogP contribution in [0.4, 0.5) is 5.69 Å². The summed E-state index contributed by atoms with van der Waals surface area (Å²) in [7, 11) is 0. The Labute approximate surface area is 152 Å². The number of fused-ring (bicyclic) bond motifs is 2. The summed E-state index contributed by atoms with van der Waals surface area (Å²) in [5, 5.41) is 2.68. The number of H-pyrrole nitrogens is 1. The predicted octanol–water partition coefficient (Wildman–Crippen LogP) is 2.05. The van der Waals surface area contributed by atoms with E-state index in [0.717, 1.165) is 10.5 Å². The van der Waals surface area contributed by atoms with Gasteiger partial charge < -0.3 is 9.73 Å². The lowest BCUT2D eigenvalue weighted by Gasteiger charge is -2.13. The average Bonchev–Trinajstić information content (AvgIpc) is 3.10. The third-order valence-electron chi connectivity index (χ3n) is 4.39. The fourth-order valence-corrected chi connectivity index (χ4v) is 3.07. The number of anilines is 1. The van der Waals surface area contributed by atoms with Gasteiger partial charge in [-0.2, -0.15) is 0 Å². The summed E-state index contributed by atoms with van der Waals surface area (Å²) in [5.74, 6) is -1.70. The fourth-order valence-electron chi connectivity index (χ4n) is 3.07. The summed E-state index contributed by atoms with van der Waals surface area (Å²) in [6.45, 7) is 1.83. The van der Waals surface area contributed by atoms with E-state index >= 15 is 0 Å². The number of aromatic nitrogens is 1. The van der Waals surface area contributed by atoms with Gasteiger partial charge in [0.05, 0.1) is 16.6 Å². The van der Waals surface area contributed by atoms with Crippen molar-refractivity contribution < 1.29 is 18.8 Å². The Kier molecular flexibility index (Phi) is 3.88. The number of aromatic amines is 1. The number of benzene rings is 2. The minimum atomic E-state index is -0.575. The molecule has 8 heteroatoms. The first kappa shape index (κ1) is 16.8. The van der Waals surface area contributed by atoms with Crippen LogP contribution in [-0.2, 0) is 4.79 Å². The van der Waals surface area contributed by atoms with Crippen LogP contribution < -0.4 is 11.1 Å². The van der Waals surface area contributed by atoms with Crippen LogP contribution in [0.3, 0.4) is 0 Å². The van der Waals surface area contributed by atoms with Crippen LogP contribution in [0.25, 0.3) is 11.1 Å². The number of hydrogen-bond acceptors (Lipinski definition) is 5. The highest BCUT2D eigenvalue weighted by molar-refractivity contribution is 6.21. The molecule has 0 bridgehead atoms. The minimum Gasteiger partial charge on any atom is -0.408 e. The molecule has 4 rings (SSSR count). The standard InChI is InChI=1S/C19H15N3O5/c1-10-2-4-12-13(8-10)18(25)22(17(12)24)7-6-16(23)20-11-3-5-15-14(9-11)21-19(26)27-15/h2-5,8-9H,6-7H2,1H3,(H,20,23)(H,21,26). The summed E-state index contributed by atoms with van der Waals surface area (Å²) in [6, 6.07) is 9.82. The highest BCUT2D eigenvalue weighted by Crippen LogP contribution is 2.24. The SMILES string of the molecule is Cc1ccc2c(c1)C(=O)N(CCC(=O)Nc1ccc3oc(=O)[nH]c3c1)C2=O. The highest BCUT2D eigenvalue weighted by atomic mass is 16.4. The Morgan fingerprint density at radius 2 is 1.85 bits per heavy atom. The third-order valence-corrected chi connectivity index (χ3v) is 4.39. The topological polar surface area (TPSA) is 112 Å². The van der Waals surface area contributed by atoms with E-state index in [1.165, 1.54) is 0 Å². The quantitative estimate of drug-likeness (QED) is 0.687. The smallest absolute Gasteiger partial charge is 0.408 e. The molecule has 27 heavy (non-hydrogen) atoms. The molecule has 0 fully saturated rings. The van der Waals surface area contributed by atoms with E-state index in [0.29, 0.717) is 27.9 Å². The van der Waals surface area contributed by atoms with Crippen molar-refractivity contribution in [2.45, 2.75) is 13.3 Å². The molecule has 136 valence electrons. The van der Waals surface area contributed by atoms with Crippen LogP contribution in [0.2, 0.25) is 0 Å². The van der Waals surface area contributed by atoms with Gasteiger partial charge >= 0.3 is 5.76 Å². The van der Waals surface area contributed by atoms with Gasteiger partial charge in [-0.15, -0.1) is 0 Å². The number of amides is 3. The van der Waals surface area contributed by atoms with Crippen LogP contribution >= 0.6 is 0 Å². The van der Waals surface area contributed by atoms with E-state index in [2.05, 4.69) is 10.3 Å². The van der Waals surface area contributed by atoms with Crippen molar-refractivity contribution in [3.8, 4) is 0 Å². The third kappa shape index (κ3) is 3.01. The molecule has 0 aliphatic carbocycles. The molecule has 0 saturated carbocycles. The van der Waals surface area contributed by atoms with Gasteiger partial charge in [0.25, 0.3) is 11.8 Å². The zero-order valence-corrected chi connectivity index (χ0v) is 14.4. The molecule has 0 unspecified atom stereocenters. The Balaban J connectivity index is 1.42. The lowest BCUT2D eigenvalue weighted by atomic mass is 10.1. The van der Waals surface area contributed by atoms with Crippen LogP contribution in [-0.4, -0.2) is 34.2 Å². The van der Waals surface area contributed by atoms with Crippen molar-refractivity contribution in [1.29, 1.82) is 0 Å². The van der Waals surface area contributed by atoms with Crippen molar-refractivity contribution in [3.05, 3.63) is 63.6 Å².